The average molecular weight is 488 g/mol. The summed E-state index contributed by atoms with van der Waals surface area (Å²) in [7, 11) is 0.326. The highest BCUT2D eigenvalue weighted by Gasteiger charge is 2.40. The van der Waals surface area contributed by atoms with Crippen molar-refractivity contribution in [3.63, 3.8) is 0 Å². The maximum absolute atomic E-state index is 6.16. The van der Waals surface area contributed by atoms with Gasteiger partial charge < -0.3 is 14.2 Å². The first-order valence-corrected chi connectivity index (χ1v) is 12.4. The van der Waals surface area contributed by atoms with Gasteiger partial charge in [0.1, 0.15) is 12.4 Å². The summed E-state index contributed by atoms with van der Waals surface area (Å²) in [5.41, 5.74) is 1.07. The van der Waals surface area contributed by atoms with E-state index in [2.05, 4.69) is 103 Å². The number of hydrogen-bond donors (Lipinski definition) is 1. The van der Waals surface area contributed by atoms with Crippen molar-refractivity contribution in [1.82, 2.24) is 0 Å². The lowest BCUT2D eigenvalue weighted by Crippen LogP contribution is -2.26. The molecule has 0 amide bonds. The summed E-state index contributed by atoms with van der Waals surface area (Å²) in [4.78, 5) is 2.55. The molecule has 4 rings (SSSR count). The second-order valence-electron chi connectivity index (χ2n) is 7.88. The zero-order chi connectivity index (χ0) is 21.6. The summed E-state index contributed by atoms with van der Waals surface area (Å²) < 4.78 is 12.7. The first kappa shape index (κ1) is 22.7. The maximum atomic E-state index is 6.16. The molecule has 3 nitrogen and oxygen atoms in total. The third-order valence-corrected chi connectivity index (χ3v) is 9.47. The highest BCUT2D eigenvalue weighted by atomic mass is 79.9. The minimum atomic E-state index is -1.51. The van der Waals surface area contributed by atoms with Crippen molar-refractivity contribution < 1.29 is 8.92 Å². The lowest BCUT2D eigenvalue weighted by Gasteiger charge is -2.49. The van der Waals surface area contributed by atoms with Gasteiger partial charge in [-0.1, -0.05) is 62.6 Å². The van der Waals surface area contributed by atoms with Gasteiger partial charge in [0.2, 0.25) is 0 Å². The van der Waals surface area contributed by atoms with Crippen LogP contribution in [-0.4, -0.2) is 25.0 Å². The van der Waals surface area contributed by atoms with Gasteiger partial charge in [-0.25, -0.2) is 0 Å². The molecule has 0 saturated carbocycles. The lowest BCUT2D eigenvalue weighted by molar-refractivity contribution is 0.323. The van der Waals surface area contributed by atoms with Crippen molar-refractivity contribution in [3.05, 3.63) is 83.3 Å². The van der Waals surface area contributed by atoms with Crippen LogP contribution in [-0.2, 0) is 4.18 Å². The second-order valence-corrected chi connectivity index (χ2v) is 12.4. The van der Waals surface area contributed by atoms with Gasteiger partial charge in [0, 0.05) is 32.7 Å². The highest BCUT2D eigenvalue weighted by molar-refractivity contribution is 9.10. The summed E-state index contributed by atoms with van der Waals surface area (Å²) in [6, 6.07) is 27.1. The molecule has 1 aliphatic heterocycles. The first-order chi connectivity index (χ1) is 14.4. The van der Waals surface area contributed by atoms with E-state index in [1.807, 2.05) is 25.3 Å². The number of anilines is 1. The standard InChI is InChI=1S/C17H22OS.C8H8BrNO/c1-17(2,3)19(18-4,15-11-7-5-8-12-15)16-13-9-6-10-14-16;9-6-1-2-8-7(5-6)10-3-4-11-8/h5-14H,1-4H3;1-2,5,10H,3-4H2. The molecule has 0 unspecified atom stereocenters. The first-order valence-electron chi connectivity index (χ1n) is 10.0. The summed E-state index contributed by atoms with van der Waals surface area (Å²) >= 11 is 3.39. The molecule has 0 spiro atoms. The summed E-state index contributed by atoms with van der Waals surface area (Å²) in [5, 5.41) is 3.25. The molecule has 5 heteroatoms. The van der Waals surface area contributed by atoms with Gasteiger partial charge in [-0.2, -0.15) is 0 Å². The molecule has 30 heavy (non-hydrogen) atoms. The van der Waals surface area contributed by atoms with Crippen molar-refractivity contribution in [2.45, 2.75) is 35.3 Å². The molecule has 1 heterocycles. The van der Waals surface area contributed by atoms with Gasteiger partial charge in [0.15, 0.2) is 0 Å². The van der Waals surface area contributed by atoms with E-state index in [1.54, 1.807) is 0 Å². The van der Waals surface area contributed by atoms with Crippen molar-refractivity contribution in [1.29, 1.82) is 0 Å². The largest absolute Gasteiger partial charge is 0.490 e. The molecule has 0 radical (unpaired) electrons. The minimum Gasteiger partial charge on any atom is -0.490 e. The van der Waals surface area contributed by atoms with Gasteiger partial charge in [0.05, 0.1) is 5.69 Å². The van der Waals surface area contributed by atoms with Crippen LogP contribution in [0, 0.1) is 0 Å². The zero-order valence-corrected chi connectivity index (χ0v) is 20.4. The molecule has 1 N–H and O–H groups in total. The second kappa shape index (κ2) is 9.90. The van der Waals surface area contributed by atoms with Gasteiger partial charge in [-0.05, 0) is 63.2 Å². The van der Waals surface area contributed by atoms with Crippen molar-refractivity contribution in [3.8, 4) is 5.75 Å². The third kappa shape index (κ3) is 4.85. The van der Waals surface area contributed by atoms with Crippen LogP contribution in [0.15, 0.2) is 93.1 Å². The van der Waals surface area contributed by atoms with Crippen molar-refractivity contribution in [2.24, 2.45) is 0 Å². The van der Waals surface area contributed by atoms with E-state index >= 15 is 0 Å². The highest BCUT2D eigenvalue weighted by Crippen LogP contribution is 2.70. The van der Waals surface area contributed by atoms with Gasteiger partial charge in [-0.15, -0.1) is 0 Å². The third-order valence-electron chi connectivity index (χ3n) is 4.88. The SMILES string of the molecule is Brc1ccc2c(c1)NCCO2.COS(c1ccccc1)(c1ccccc1)C(C)(C)C. The van der Waals surface area contributed by atoms with Gasteiger partial charge in [-0.3, -0.25) is 0 Å². The van der Waals surface area contributed by atoms with E-state index < -0.39 is 10.3 Å². The monoisotopic (exact) mass is 487 g/mol. The minimum absolute atomic E-state index is 0.0322. The number of benzene rings is 3. The van der Waals surface area contributed by atoms with Crippen molar-refractivity contribution in [2.75, 3.05) is 25.6 Å². The smallest absolute Gasteiger partial charge is 0.142 e. The van der Waals surface area contributed by atoms with Crippen LogP contribution in [0.3, 0.4) is 0 Å². The summed E-state index contributed by atoms with van der Waals surface area (Å²) in [6.45, 7) is 8.42. The summed E-state index contributed by atoms with van der Waals surface area (Å²) in [6.07, 6.45) is 0. The number of halogens is 1. The molecule has 0 saturated heterocycles. The van der Waals surface area contributed by atoms with Crippen LogP contribution >= 0.6 is 26.2 Å². The van der Waals surface area contributed by atoms with Crippen LogP contribution in [0.5, 0.6) is 5.75 Å². The topological polar surface area (TPSA) is 30.5 Å². The fraction of sp³-hybridized carbons (Fsp3) is 0.280. The molecule has 3 aromatic carbocycles. The molecule has 1 aliphatic rings. The summed E-state index contributed by atoms with van der Waals surface area (Å²) in [5.74, 6) is 0.944. The lowest BCUT2D eigenvalue weighted by atomic mass is 10.2. The fourth-order valence-electron chi connectivity index (χ4n) is 3.62. The molecular weight excluding hydrogens is 458 g/mol. The number of ether oxygens (including phenoxy) is 1. The zero-order valence-electron chi connectivity index (χ0n) is 18.0. The Kier molecular flexibility index (Phi) is 7.50. The van der Waals surface area contributed by atoms with Gasteiger partial charge in [0.25, 0.3) is 0 Å². The number of rotatable bonds is 3. The normalized spacial score (nSPS) is 13.8. The Labute approximate surface area is 190 Å². The van der Waals surface area contributed by atoms with E-state index in [1.165, 1.54) is 9.79 Å². The van der Waals surface area contributed by atoms with E-state index in [-0.39, 0.29) is 4.75 Å². The van der Waals surface area contributed by atoms with Crippen LogP contribution in [0.4, 0.5) is 5.69 Å². The van der Waals surface area contributed by atoms with E-state index in [9.17, 15) is 0 Å². The average Bonchev–Trinajstić information content (AvgIpc) is 2.75. The molecule has 0 aliphatic carbocycles. The Balaban J connectivity index is 0.000000196. The van der Waals surface area contributed by atoms with Crippen molar-refractivity contribution >= 4 is 31.9 Å². The van der Waals surface area contributed by atoms with Crippen LogP contribution < -0.4 is 10.1 Å². The maximum Gasteiger partial charge on any atom is 0.142 e. The van der Waals surface area contributed by atoms with Gasteiger partial charge >= 0.3 is 0 Å². The Morgan fingerprint density at radius 3 is 1.97 bits per heavy atom. The quantitative estimate of drug-likeness (QED) is 0.414. The number of fused-ring (bicyclic) bond motifs is 1. The molecule has 160 valence electrons. The number of nitrogens with one attached hydrogen (secondary N) is 1. The Morgan fingerprint density at radius 2 is 1.47 bits per heavy atom. The molecule has 3 aromatic rings. The van der Waals surface area contributed by atoms with Crippen LogP contribution in [0.25, 0.3) is 0 Å². The van der Waals surface area contributed by atoms with Crippen LogP contribution in [0.2, 0.25) is 0 Å². The molecule has 0 bridgehead atoms. The molecule has 0 fully saturated rings. The van der Waals surface area contributed by atoms with E-state index in [0.29, 0.717) is 0 Å². The predicted octanol–water partition coefficient (Wildman–Crippen LogP) is 7.52. The Hall–Kier alpha value is -1.95. The molecular formula is C25H30BrNO2S. The Bertz CT molecular complexity index is 903. The predicted molar refractivity (Wildman–Crippen MR) is 132 cm³/mol. The Morgan fingerprint density at radius 1 is 0.900 bits per heavy atom. The fourth-order valence-corrected chi connectivity index (χ4v) is 7.64. The van der Waals surface area contributed by atoms with Crippen LogP contribution in [0.1, 0.15) is 20.8 Å². The van der Waals surface area contributed by atoms with E-state index in [4.69, 9.17) is 8.92 Å². The molecule has 0 atom stereocenters. The molecule has 0 aromatic heterocycles. The number of hydrogen-bond acceptors (Lipinski definition) is 3. The van der Waals surface area contributed by atoms with E-state index in [0.717, 1.165) is 29.1 Å².